The molecule has 2 aromatic carbocycles. The van der Waals surface area contributed by atoms with Crippen LogP contribution in [0.4, 0.5) is 0 Å². The average Bonchev–Trinajstić information content (AvgIpc) is 1.60. The number of aliphatic hydroxyl groups excluding tert-OH is 1. The van der Waals surface area contributed by atoms with E-state index in [1.807, 2.05) is 47.4 Å². The Morgan fingerprint density at radius 1 is 0.536 bits per heavy atom. The minimum absolute atomic E-state index is 0.0143. The second kappa shape index (κ2) is 44.1. The molecule has 4 fully saturated rings. The molecule has 34 heteroatoms. The van der Waals surface area contributed by atoms with Crippen molar-refractivity contribution in [3.05, 3.63) is 78.1 Å². The number of nitrogens with one attached hydrogen (secondary N) is 4. The van der Waals surface area contributed by atoms with Gasteiger partial charge < -0.3 is 71.2 Å². The summed E-state index contributed by atoms with van der Waals surface area (Å²) in [5, 5.41) is 72.1. The molecule has 8 atom stereocenters. The van der Waals surface area contributed by atoms with E-state index < -0.39 is 164 Å². The van der Waals surface area contributed by atoms with Crippen molar-refractivity contribution in [2.24, 2.45) is 23.7 Å². The van der Waals surface area contributed by atoms with Gasteiger partial charge in [-0.15, -0.1) is 0 Å². The van der Waals surface area contributed by atoms with Gasteiger partial charge in [0.2, 0.25) is 35.8 Å². The van der Waals surface area contributed by atoms with Gasteiger partial charge in [0, 0.05) is 135 Å². The SMILES string of the molecule is CC(OC(=O)CC[C@H](CC(=O)C[C@@H](CCCCNC(=O)[C@H](Cc1ccc2ccccc2c1)NC(=O)C1CCC(CCC(=O)CN2CCN(CC(=O)O)CCN(CC(=O)O)CCN(CC(=O)O)CC2)CC1)C(=O)O)C(=O)O)OC(=O)[C@@H]1CCCN1C(=O)[C@H](CO)NC(=O)[C@@H]1CCCN1C(=O)[C@@H](C)NC(=O)c1ccncc1. The van der Waals surface area contributed by atoms with E-state index in [9.17, 15) is 103 Å². The van der Waals surface area contributed by atoms with E-state index in [0.717, 1.165) is 21.2 Å². The van der Waals surface area contributed by atoms with Crippen LogP contribution in [-0.2, 0) is 83.0 Å². The molecule has 1 unspecified atom stereocenters. The number of carbonyl (C=O) groups is 15. The molecule has 10 N–H and O–H groups in total. The predicted octanol–water partition coefficient (Wildman–Crippen LogP) is 1.42. The number of ether oxygens (including phenoxy) is 2. The van der Waals surface area contributed by atoms with Gasteiger partial charge in [-0.2, -0.15) is 0 Å². The zero-order chi connectivity index (χ0) is 80.0. The van der Waals surface area contributed by atoms with Crippen LogP contribution in [-0.4, -0.2) is 295 Å². The molecule has 0 spiro atoms. The van der Waals surface area contributed by atoms with Gasteiger partial charge in [-0.25, -0.2) is 4.79 Å². The number of esters is 2. The quantitative estimate of drug-likeness (QED) is 0.0219. The normalized spacial score (nSPS) is 20.0. The summed E-state index contributed by atoms with van der Waals surface area (Å²) in [7, 11) is 0. The highest BCUT2D eigenvalue weighted by molar-refractivity contribution is 5.99. The molecular formula is C76H105N11O23. The number of pyridine rings is 1. The van der Waals surface area contributed by atoms with Crippen molar-refractivity contribution >= 4 is 99.6 Å². The maximum atomic E-state index is 14.1. The van der Waals surface area contributed by atoms with Crippen LogP contribution >= 0.6 is 0 Å². The number of aromatic nitrogens is 1. The first-order valence-corrected chi connectivity index (χ1v) is 37.8. The van der Waals surface area contributed by atoms with Gasteiger partial charge in [-0.05, 0) is 118 Å². The van der Waals surface area contributed by atoms with Crippen LogP contribution < -0.4 is 21.3 Å². The number of carboxylic acids is 5. The van der Waals surface area contributed by atoms with Crippen molar-refractivity contribution in [1.82, 2.24) is 55.7 Å². The van der Waals surface area contributed by atoms with E-state index in [0.29, 0.717) is 58.0 Å². The summed E-state index contributed by atoms with van der Waals surface area (Å²) in [5.41, 5.74) is 1.06. The molecule has 0 radical (unpaired) electrons. The number of carbonyl (C=O) groups excluding carboxylic acids is 10. The van der Waals surface area contributed by atoms with Gasteiger partial charge in [0.25, 0.3) is 5.91 Å². The lowest BCUT2D eigenvalue weighted by molar-refractivity contribution is -0.188. The van der Waals surface area contributed by atoms with E-state index >= 15 is 0 Å². The molecule has 4 heterocycles. The summed E-state index contributed by atoms with van der Waals surface area (Å²) in [6.07, 6.45) is 4.06. The first kappa shape index (κ1) is 87.3. The highest BCUT2D eigenvalue weighted by Crippen LogP contribution is 2.33. The van der Waals surface area contributed by atoms with Crippen molar-refractivity contribution in [2.45, 2.75) is 166 Å². The van der Waals surface area contributed by atoms with Gasteiger partial charge in [-0.1, -0.05) is 48.9 Å². The number of aliphatic carboxylic acids is 5. The molecule has 3 aliphatic heterocycles. The minimum atomic E-state index is -1.54. The molecule has 1 aromatic heterocycles. The van der Waals surface area contributed by atoms with Crippen molar-refractivity contribution in [2.75, 3.05) is 105 Å². The van der Waals surface area contributed by atoms with Gasteiger partial charge in [0.05, 0.1) is 44.6 Å². The third-order valence-electron chi connectivity index (χ3n) is 20.6. The van der Waals surface area contributed by atoms with Crippen LogP contribution in [0.3, 0.4) is 0 Å². The number of hydrogen-bond donors (Lipinski definition) is 10. The first-order chi connectivity index (χ1) is 52.5. The third kappa shape index (κ3) is 28.5. The minimum Gasteiger partial charge on any atom is -0.481 e. The van der Waals surface area contributed by atoms with E-state index in [2.05, 4.69) is 26.3 Å². The van der Waals surface area contributed by atoms with Crippen LogP contribution in [0.15, 0.2) is 67.0 Å². The molecule has 3 saturated heterocycles. The lowest BCUT2D eigenvalue weighted by Gasteiger charge is -2.33. The maximum Gasteiger partial charge on any atom is 0.331 e. The zero-order valence-corrected chi connectivity index (χ0v) is 62.4. The smallest absolute Gasteiger partial charge is 0.331 e. The maximum absolute atomic E-state index is 14.1. The van der Waals surface area contributed by atoms with Crippen molar-refractivity contribution in [1.29, 1.82) is 0 Å². The number of nitrogens with zero attached hydrogens (tertiary/aromatic N) is 7. The fourth-order valence-electron chi connectivity index (χ4n) is 14.5. The topological polar surface area (TPSA) is 476 Å². The first-order valence-electron chi connectivity index (χ1n) is 37.8. The summed E-state index contributed by atoms with van der Waals surface area (Å²) >= 11 is 0. The lowest BCUT2D eigenvalue weighted by atomic mass is 9.79. The molecule has 1 aliphatic carbocycles. The van der Waals surface area contributed by atoms with Crippen LogP contribution in [0, 0.1) is 23.7 Å². The Morgan fingerprint density at radius 2 is 1.07 bits per heavy atom. The number of aliphatic hydroxyl groups is 1. The molecule has 6 amide bonds. The van der Waals surface area contributed by atoms with E-state index in [1.165, 1.54) is 43.3 Å². The number of Topliss-reactive ketones (excluding diaryl/α,β-unsaturated/α-hetero) is 2. The average molecular weight is 1540 g/mol. The Labute approximate surface area is 637 Å². The summed E-state index contributed by atoms with van der Waals surface area (Å²) in [6.45, 7) is 3.48. The molecule has 7 rings (SSSR count). The van der Waals surface area contributed by atoms with Crippen LogP contribution in [0.5, 0.6) is 0 Å². The molecule has 110 heavy (non-hydrogen) atoms. The van der Waals surface area contributed by atoms with Gasteiger partial charge >= 0.3 is 41.8 Å². The fourth-order valence-corrected chi connectivity index (χ4v) is 14.5. The number of likely N-dealkylation sites (tertiary alicyclic amines) is 2. The molecule has 1 saturated carbocycles. The zero-order valence-electron chi connectivity index (χ0n) is 62.4. The number of amides is 6. The van der Waals surface area contributed by atoms with Gasteiger partial charge in [0.1, 0.15) is 41.8 Å². The summed E-state index contributed by atoms with van der Waals surface area (Å²) in [4.78, 5) is 208. The molecule has 0 bridgehead atoms. The number of ketones is 2. The lowest BCUT2D eigenvalue weighted by Crippen LogP contribution is -2.58. The van der Waals surface area contributed by atoms with Gasteiger partial charge in [0.15, 0.2) is 0 Å². The highest BCUT2D eigenvalue weighted by atomic mass is 16.7. The monoisotopic (exact) mass is 1540 g/mol. The number of fused-ring (bicyclic) bond motifs is 1. The summed E-state index contributed by atoms with van der Waals surface area (Å²) in [6, 6.07) is 10.6. The number of benzene rings is 2. The number of hydrogen-bond acceptors (Lipinski definition) is 23. The molecule has 3 aromatic rings. The van der Waals surface area contributed by atoms with Crippen molar-refractivity contribution in [3.63, 3.8) is 0 Å². The Balaban J connectivity index is 0.826. The predicted molar refractivity (Wildman–Crippen MR) is 392 cm³/mol. The van der Waals surface area contributed by atoms with Gasteiger partial charge in [-0.3, -0.25) is 91.7 Å². The fraction of sp³-hybridized carbons (Fsp3) is 0.605. The number of unbranched alkanes of at least 4 members (excludes halogenated alkanes) is 1. The Hall–Kier alpha value is -9.90. The molecular weight excluding hydrogens is 1430 g/mol. The van der Waals surface area contributed by atoms with Crippen LogP contribution in [0.25, 0.3) is 10.8 Å². The molecule has 34 nitrogen and oxygen atoms in total. The Kier molecular flexibility index (Phi) is 35.0. The highest BCUT2D eigenvalue weighted by Gasteiger charge is 2.43. The van der Waals surface area contributed by atoms with Crippen molar-refractivity contribution < 1.29 is 112 Å². The van der Waals surface area contributed by atoms with E-state index in [1.54, 1.807) is 14.7 Å². The summed E-state index contributed by atoms with van der Waals surface area (Å²) in [5.74, 6) is -15.0. The number of rotatable bonds is 40. The molecule has 4 aliphatic rings. The van der Waals surface area contributed by atoms with Crippen molar-refractivity contribution in [3.8, 4) is 0 Å². The second-order valence-electron chi connectivity index (χ2n) is 28.9. The second-order valence-corrected chi connectivity index (χ2v) is 28.9. The van der Waals surface area contributed by atoms with Crippen LogP contribution in [0.1, 0.15) is 139 Å². The van der Waals surface area contributed by atoms with E-state index in [-0.39, 0.29) is 153 Å². The standard InChI is InChI=1S/C76H105N11O23/c1-48(79-68(98)54-24-27-77-28-25-54)72(102)86-29-7-12-62(86)71(101)81-61(47-88)73(103)87-30-8-13-63(87)76(108)110-49(2)109-67(97)23-21-57(75(106)107)42-59(90)41-56(74(104)105)11-5-6-26-78-70(100)60(40-51-16-18-52-9-3-4-10-55(52)39-51)80-69(99)53-19-14-50(15-20-53)17-22-58(89)43-82-31-33-83(44-64(91)92)35-37-85(46-66(95)96)38-36-84(34-32-82)45-65(93)94/h3-4,9-10,16,18,24-25,27-28,39,48-50,53,56-57,60-63,88H,5-8,11-15,17,19-23,26,29-38,40-47H2,1-2H3,(H,78,100)(H,79,98)(H,80,99)(H,81,101)(H,91,92)(H,93,94)(H,95,96)(H,104,105)(H,106,107)/t48-,49?,50?,53?,56-,57-,60+,61+,62+,63+/m1/s1. The largest absolute Gasteiger partial charge is 0.481 e. The third-order valence-corrected chi connectivity index (χ3v) is 20.6. The Morgan fingerprint density at radius 3 is 1.64 bits per heavy atom. The Bertz CT molecular complexity index is 3680. The van der Waals surface area contributed by atoms with E-state index in [4.69, 9.17) is 9.47 Å². The molecule has 602 valence electrons. The van der Waals surface area contributed by atoms with Crippen LogP contribution in [0.2, 0.25) is 0 Å². The number of carboxylic acid groups (broad SMARTS) is 5. The summed E-state index contributed by atoms with van der Waals surface area (Å²) < 4.78 is 10.6.